The molecule has 4 heteroatoms. The molecule has 0 aliphatic heterocycles. The van der Waals surface area contributed by atoms with Gasteiger partial charge in [0.15, 0.2) is 0 Å². The third-order valence-electron chi connectivity index (χ3n) is 3.47. The lowest BCUT2D eigenvalue weighted by molar-refractivity contribution is 0.0433. The van der Waals surface area contributed by atoms with E-state index in [-0.39, 0.29) is 24.0 Å². The lowest BCUT2D eigenvalue weighted by Gasteiger charge is -2.29. The number of carbonyl (C=O) groups is 1. The summed E-state index contributed by atoms with van der Waals surface area (Å²) in [5.74, 6) is 0.395. The van der Waals surface area contributed by atoms with Crippen LogP contribution in [0.1, 0.15) is 63.0 Å². The minimum atomic E-state index is -0.423. The summed E-state index contributed by atoms with van der Waals surface area (Å²) in [6.07, 6.45) is 0. The highest BCUT2D eigenvalue weighted by Gasteiger charge is 2.28. The zero-order valence-electron chi connectivity index (χ0n) is 14.7. The zero-order valence-corrected chi connectivity index (χ0v) is 14.7. The highest BCUT2D eigenvalue weighted by molar-refractivity contribution is 5.90. The Morgan fingerprint density at radius 3 is 1.82 bits per heavy atom. The largest absolute Gasteiger partial charge is 0.496 e. The molecule has 1 N–H and O–H groups in total. The average Bonchev–Trinajstić information content (AvgIpc) is 2.41. The number of aliphatic hydroxyl groups excluding tert-OH is 1. The molecule has 0 heterocycles. The highest BCUT2D eigenvalue weighted by Crippen LogP contribution is 2.40. The van der Waals surface area contributed by atoms with E-state index < -0.39 is 5.97 Å². The third-order valence-corrected chi connectivity index (χ3v) is 3.47. The van der Waals surface area contributed by atoms with Gasteiger partial charge in [0.1, 0.15) is 12.4 Å². The molecule has 1 aromatic rings. The maximum absolute atomic E-state index is 12.2. The molecule has 0 aromatic heterocycles. The van der Waals surface area contributed by atoms with Crippen molar-refractivity contribution < 1.29 is 19.4 Å². The molecule has 0 aliphatic rings. The predicted octanol–water partition coefficient (Wildman–Crippen LogP) is 3.44. The van der Waals surface area contributed by atoms with E-state index in [1.54, 1.807) is 7.11 Å². The van der Waals surface area contributed by atoms with Gasteiger partial charge in [-0.25, -0.2) is 4.79 Å². The number of ether oxygens (including phenoxy) is 2. The molecule has 4 nitrogen and oxygen atoms in total. The number of esters is 1. The number of hydrogen-bond acceptors (Lipinski definition) is 4. The quantitative estimate of drug-likeness (QED) is 0.866. The minimum absolute atomic E-state index is 0.000560. The molecule has 0 unspecified atom stereocenters. The molecule has 124 valence electrons. The van der Waals surface area contributed by atoms with Crippen molar-refractivity contribution in [3.05, 3.63) is 28.8 Å². The first-order chi connectivity index (χ1) is 10.0. The Bertz CT molecular complexity index is 498. The predicted molar refractivity (Wildman–Crippen MR) is 87.8 cm³/mol. The van der Waals surface area contributed by atoms with Gasteiger partial charge in [0.25, 0.3) is 0 Å². The van der Waals surface area contributed by atoms with Gasteiger partial charge in [0, 0.05) is 11.1 Å². The lowest BCUT2D eigenvalue weighted by Crippen LogP contribution is -2.21. The van der Waals surface area contributed by atoms with E-state index in [0.29, 0.717) is 5.56 Å². The number of aliphatic hydroxyl groups is 1. The van der Waals surface area contributed by atoms with Crippen LogP contribution in [-0.2, 0) is 15.6 Å². The van der Waals surface area contributed by atoms with E-state index in [2.05, 4.69) is 41.5 Å². The molecular weight excluding hydrogens is 280 g/mol. The highest BCUT2D eigenvalue weighted by atomic mass is 16.5. The summed E-state index contributed by atoms with van der Waals surface area (Å²) in [6.45, 7) is 12.3. The van der Waals surface area contributed by atoms with Gasteiger partial charge in [0.05, 0.1) is 19.3 Å². The number of carbonyl (C=O) groups excluding carboxylic acids is 1. The summed E-state index contributed by atoms with van der Waals surface area (Å²) in [5.41, 5.74) is 2.10. The molecule has 0 bridgehead atoms. The minimum Gasteiger partial charge on any atom is -0.496 e. The second-order valence-corrected chi connectivity index (χ2v) is 7.46. The first-order valence-electron chi connectivity index (χ1n) is 7.53. The Morgan fingerprint density at radius 1 is 1.05 bits per heavy atom. The molecule has 0 radical (unpaired) electrons. The van der Waals surface area contributed by atoms with E-state index in [1.807, 2.05) is 12.1 Å². The molecule has 0 amide bonds. The molecule has 1 rings (SSSR count). The SMILES string of the molecule is COc1c(C(C)(C)C)cc(C(=O)OCCO)cc1C(C)(C)C. The van der Waals surface area contributed by atoms with Crippen LogP contribution in [0.2, 0.25) is 0 Å². The number of methoxy groups -OCH3 is 1. The Balaban J connectivity index is 3.53. The van der Waals surface area contributed by atoms with E-state index in [0.717, 1.165) is 16.9 Å². The molecule has 0 saturated carbocycles. The summed E-state index contributed by atoms with van der Waals surface area (Å²) >= 11 is 0. The standard InChI is InChI=1S/C18H28O4/c1-17(2,3)13-10-12(16(20)22-9-8-19)11-14(15(13)21-7)18(4,5)6/h10-11,19H,8-9H2,1-7H3. The molecule has 0 aliphatic carbocycles. The fraction of sp³-hybridized carbons (Fsp3) is 0.611. The van der Waals surface area contributed by atoms with E-state index >= 15 is 0 Å². The van der Waals surface area contributed by atoms with Crippen molar-refractivity contribution in [2.24, 2.45) is 0 Å². The fourth-order valence-corrected chi connectivity index (χ4v) is 2.30. The van der Waals surface area contributed by atoms with Crippen LogP contribution in [0.4, 0.5) is 0 Å². The second kappa shape index (κ2) is 6.69. The van der Waals surface area contributed by atoms with Crippen LogP contribution in [0.15, 0.2) is 12.1 Å². The van der Waals surface area contributed by atoms with Gasteiger partial charge in [-0.2, -0.15) is 0 Å². The molecule has 22 heavy (non-hydrogen) atoms. The molecule has 1 aromatic carbocycles. The third kappa shape index (κ3) is 4.23. The van der Waals surface area contributed by atoms with Gasteiger partial charge in [0.2, 0.25) is 0 Å². The van der Waals surface area contributed by atoms with Crippen LogP contribution >= 0.6 is 0 Å². The second-order valence-electron chi connectivity index (χ2n) is 7.46. The van der Waals surface area contributed by atoms with Crippen LogP contribution in [-0.4, -0.2) is 31.4 Å². The first kappa shape index (κ1) is 18.5. The lowest BCUT2D eigenvalue weighted by atomic mass is 9.78. The number of benzene rings is 1. The number of rotatable bonds is 4. The normalized spacial score (nSPS) is 12.2. The fourth-order valence-electron chi connectivity index (χ4n) is 2.30. The summed E-state index contributed by atoms with van der Waals surface area (Å²) in [5, 5.41) is 8.81. The van der Waals surface area contributed by atoms with Crippen molar-refractivity contribution in [3.63, 3.8) is 0 Å². The van der Waals surface area contributed by atoms with Gasteiger partial charge in [-0.05, 0) is 23.0 Å². The van der Waals surface area contributed by atoms with Crippen LogP contribution in [0.25, 0.3) is 0 Å². The van der Waals surface area contributed by atoms with Crippen molar-refractivity contribution in [2.45, 2.75) is 52.4 Å². The van der Waals surface area contributed by atoms with E-state index in [1.165, 1.54) is 0 Å². The average molecular weight is 308 g/mol. The molecular formula is C18H28O4. The Kier molecular flexibility index (Phi) is 5.63. The monoisotopic (exact) mass is 308 g/mol. The summed E-state index contributed by atoms with van der Waals surface area (Å²) in [4.78, 5) is 12.2. The summed E-state index contributed by atoms with van der Waals surface area (Å²) < 4.78 is 10.7. The summed E-state index contributed by atoms with van der Waals surface area (Å²) in [7, 11) is 1.66. The zero-order chi connectivity index (χ0) is 17.1. The van der Waals surface area contributed by atoms with Crippen molar-refractivity contribution >= 4 is 5.97 Å². The van der Waals surface area contributed by atoms with E-state index in [4.69, 9.17) is 14.6 Å². The molecule has 0 spiro atoms. The topological polar surface area (TPSA) is 55.8 Å². The maximum atomic E-state index is 12.2. The van der Waals surface area contributed by atoms with Crippen molar-refractivity contribution in [2.75, 3.05) is 20.3 Å². The van der Waals surface area contributed by atoms with Crippen LogP contribution in [0, 0.1) is 0 Å². The van der Waals surface area contributed by atoms with Gasteiger partial charge < -0.3 is 14.6 Å². The van der Waals surface area contributed by atoms with Gasteiger partial charge in [-0.15, -0.1) is 0 Å². The van der Waals surface area contributed by atoms with Gasteiger partial charge >= 0.3 is 5.97 Å². The van der Waals surface area contributed by atoms with Crippen molar-refractivity contribution in [3.8, 4) is 5.75 Å². The van der Waals surface area contributed by atoms with Crippen LogP contribution in [0.5, 0.6) is 5.75 Å². The maximum Gasteiger partial charge on any atom is 0.338 e. The van der Waals surface area contributed by atoms with Crippen molar-refractivity contribution in [1.82, 2.24) is 0 Å². The molecule has 0 saturated heterocycles. The van der Waals surface area contributed by atoms with Crippen LogP contribution < -0.4 is 4.74 Å². The van der Waals surface area contributed by atoms with Crippen molar-refractivity contribution in [1.29, 1.82) is 0 Å². The Hall–Kier alpha value is -1.55. The number of hydrogen-bond donors (Lipinski definition) is 1. The smallest absolute Gasteiger partial charge is 0.338 e. The molecule has 0 fully saturated rings. The van der Waals surface area contributed by atoms with E-state index in [9.17, 15) is 4.79 Å². The summed E-state index contributed by atoms with van der Waals surface area (Å²) in [6, 6.07) is 3.65. The van der Waals surface area contributed by atoms with Gasteiger partial charge in [-0.1, -0.05) is 41.5 Å². The Morgan fingerprint density at radius 2 is 1.50 bits per heavy atom. The van der Waals surface area contributed by atoms with Crippen LogP contribution in [0.3, 0.4) is 0 Å². The van der Waals surface area contributed by atoms with Gasteiger partial charge in [-0.3, -0.25) is 0 Å². The Labute approximate surface area is 133 Å². The molecule has 0 atom stereocenters. The first-order valence-corrected chi connectivity index (χ1v) is 7.53.